The molecule has 3 amide bonds. The molecule has 0 radical (unpaired) electrons. The molecule has 0 saturated heterocycles. The van der Waals surface area contributed by atoms with Crippen molar-refractivity contribution < 1.29 is 9.59 Å². The van der Waals surface area contributed by atoms with Crippen molar-refractivity contribution in [1.29, 1.82) is 0 Å². The summed E-state index contributed by atoms with van der Waals surface area (Å²) in [5.41, 5.74) is 1.09. The summed E-state index contributed by atoms with van der Waals surface area (Å²) in [7, 11) is 0. The quantitative estimate of drug-likeness (QED) is 0.497. The van der Waals surface area contributed by atoms with Gasteiger partial charge in [-0.05, 0) is 30.5 Å². The third-order valence-electron chi connectivity index (χ3n) is 2.46. The lowest BCUT2D eigenvalue weighted by Gasteiger charge is -2.07. The summed E-state index contributed by atoms with van der Waals surface area (Å²) in [6.07, 6.45) is 2.09. The van der Waals surface area contributed by atoms with Crippen molar-refractivity contribution in [1.82, 2.24) is 16.0 Å². The smallest absolute Gasteiger partial charge is 0.314 e. The Hall–Kier alpha value is -1.75. The summed E-state index contributed by atoms with van der Waals surface area (Å²) in [5, 5.41) is 8.69. The van der Waals surface area contributed by atoms with Gasteiger partial charge in [-0.1, -0.05) is 23.7 Å². The molecule has 0 atom stereocenters. The zero-order valence-corrected chi connectivity index (χ0v) is 11.4. The topological polar surface area (TPSA) is 70.2 Å². The second kappa shape index (κ2) is 9.22. The van der Waals surface area contributed by atoms with Gasteiger partial charge in [0.25, 0.3) is 0 Å². The number of hydrogen-bond acceptors (Lipinski definition) is 2. The average Bonchev–Trinajstić information content (AvgIpc) is 2.38. The van der Waals surface area contributed by atoms with E-state index in [1.807, 2.05) is 24.3 Å². The molecule has 0 spiro atoms. The standard InChI is InChI=1S/C13H18ClN3O2/c14-12-4-1-3-11(9-12)5-8-17-13(19)16-7-2-6-15-10-18/h1,3-4,9-10H,2,5-8H2,(H,15,18)(H2,16,17,19). The highest BCUT2D eigenvalue weighted by Crippen LogP contribution is 2.10. The lowest BCUT2D eigenvalue weighted by atomic mass is 10.1. The Balaban J connectivity index is 2.08. The first-order valence-corrected chi connectivity index (χ1v) is 6.53. The van der Waals surface area contributed by atoms with Crippen LogP contribution in [-0.2, 0) is 11.2 Å². The van der Waals surface area contributed by atoms with Crippen LogP contribution in [-0.4, -0.2) is 32.1 Å². The van der Waals surface area contributed by atoms with E-state index in [0.29, 0.717) is 37.5 Å². The van der Waals surface area contributed by atoms with Crippen LogP contribution in [0.3, 0.4) is 0 Å². The van der Waals surface area contributed by atoms with Crippen LogP contribution in [0.2, 0.25) is 5.02 Å². The summed E-state index contributed by atoms with van der Waals surface area (Å²) in [6, 6.07) is 7.35. The average molecular weight is 284 g/mol. The van der Waals surface area contributed by atoms with Crippen LogP contribution in [0.5, 0.6) is 0 Å². The number of hydrogen-bond donors (Lipinski definition) is 3. The Labute approximate surface area is 117 Å². The summed E-state index contributed by atoms with van der Waals surface area (Å²) < 4.78 is 0. The molecule has 0 unspecified atom stereocenters. The van der Waals surface area contributed by atoms with Crippen LogP contribution >= 0.6 is 11.6 Å². The molecule has 1 rings (SSSR count). The number of halogens is 1. The molecule has 0 aliphatic carbocycles. The van der Waals surface area contributed by atoms with Gasteiger partial charge >= 0.3 is 6.03 Å². The summed E-state index contributed by atoms with van der Waals surface area (Å²) >= 11 is 5.87. The van der Waals surface area contributed by atoms with E-state index in [2.05, 4.69) is 16.0 Å². The van der Waals surface area contributed by atoms with E-state index in [-0.39, 0.29) is 6.03 Å². The second-order valence-electron chi connectivity index (χ2n) is 3.99. The van der Waals surface area contributed by atoms with Crippen LogP contribution < -0.4 is 16.0 Å². The van der Waals surface area contributed by atoms with Crippen molar-refractivity contribution in [3.05, 3.63) is 34.9 Å². The predicted molar refractivity (Wildman–Crippen MR) is 75.2 cm³/mol. The van der Waals surface area contributed by atoms with Gasteiger partial charge in [0.05, 0.1) is 0 Å². The van der Waals surface area contributed by atoms with Crippen molar-refractivity contribution in [2.24, 2.45) is 0 Å². The van der Waals surface area contributed by atoms with Gasteiger partial charge in [0.2, 0.25) is 6.41 Å². The Morgan fingerprint density at radius 1 is 1.21 bits per heavy atom. The van der Waals surface area contributed by atoms with E-state index in [0.717, 1.165) is 12.0 Å². The molecule has 6 heteroatoms. The fourth-order valence-corrected chi connectivity index (χ4v) is 1.74. The van der Waals surface area contributed by atoms with E-state index in [1.54, 1.807) is 0 Å². The first-order chi connectivity index (χ1) is 9.22. The number of benzene rings is 1. The summed E-state index contributed by atoms with van der Waals surface area (Å²) in [5.74, 6) is 0. The third kappa shape index (κ3) is 7.31. The molecule has 19 heavy (non-hydrogen) atoms. The molecule has 0 saturated carbocycles. The molecule has 0 fully saturated rings. The van der Waals surface area contributed by atoms with Crippen molar-refractivity contribution in [2.75, 3.05) is 19.6 Å². The van der Waals surface area contributed by atoms with Gasteiger partial charge in [0, 0.05) is 24.7 Å². The first kappa shape index (κ1) is 15.3. The number of carbonyl (C=O) groups is 2. The number of rotatable bonds is 8. The summed E-state index contributed by atoms with van der Waals surface area (Å²) in [6.45, 7) is 1.65. The third-order valence-corrected chi connectivity index (χ3v) is 2.69. The fourth-order valence-electron chi connectivity index (χ4n) is 1.53. The molecule has 1 aromatic carbocycles. The SMILES string of the molecule is O=CNCCCNC(=O)NCCc1cccc(Cl)c1. The molecular formula is C13H18ClN3O2. The van der Waals surface area contributed by atoms with Crippen LogP contribution in [0.4, 0.5) is 4.79 Å². The van der Waals surface area contributed by atoms with Crippen LogP contribution in [0.25, 0.3) is 0 Å². The molecule has 0 aliphatic heterocycles. The van der Waals surface area contributed by atoms with E-state index >= 15 is 0 Å². The highest BCUT2D eigenvalue weighted by molar-refractivity contribution is 6.30. The van der Waals surface area contributed by atoms with Crippen LogP contribution in [0, 0.1) is 0 Å². The maximum Gasteiger partial charge on any atom is 0.314 e. The zero-order chi connectivity index (χ0) is 13.9. The number of carbonyl (C=O) groups excluding carboxylic acids is 2. The van der Waals surface area contributed by atoms with Gasteiger partial charge < -0.3 is 16.0 Å². The van der Waals surface area contributed by atoms with E-state index in [9.17, 15) is 9.59 Å². The number of amides is 3. The molecule has 0 heterocycles. The summed E-state index contributed by atoms with van der Waals surface area (Å²) in [4.78, 5) is 21.4. The van der Waals surface area contributed by atoms with E-state index in [1.165, 1.54) is 0 Å². The van der Waals surface area contributed by atoms with Gasteiger partial charge in [-0.15, -0.1) is 0 Å². The molecule has 0 aliphatic rings. The Morgan fingerprint density at radius 3 is 2.74 bits per heavy atom. The Kier molecular flexibility index (Phi) is 7.43. The van der Waals surface area contributed by atoms with Crippen LogP contribution in [0.15, 0.2) is 24.3 Å². The van der Waals surface area contributed by atoms with Crippen LogP contribution in [0.1, 0.15) is 12.0 Å². The van der Waals surface area contributed by atoms with Crippen molar-refractivity contribution in [3.63, 3.8) is 0 Å². The largest absolute Gasteiger partial charge is 0.359 e. The highest BCUT2D eigenvalue weighted by Gasteiger charge is 1.99. The van der Waals surface area contributed by atoms with Crippen molar-refractivity contribution >= 4 is 24.0 Å². The van der Waals surface area contributed by atoms with Gasteiger partial charge in [0.15, 0.2) is 0 Å². The fraction of sp³-hybridized carbons (Fsp3) is 0.385. The van der Waals surface area contributed by atoms with Crippen molar-refractivity contribution in [3.8, 4) is 0 Å². The molecular weight excluding hydrogens is 266 g/mol. The monoisotopic (exact) mass is 283 g/mol. The molecule has 1 aromatic rings. The lowest BCUT2D eigenvalue weighted by molar-refractivity contribution is -0.109. The van der Waals surface area contributed by atoms with Gasteiger partial charge in [0.1, 0.15) is 0 Å². The Morgan fingerprint density at radius 2 is 2.00 bits per heavy atom. The first-order valence-electron chi connectivity index (χ1n) is 6.15. The minimum Gasteiger partial charge on any atom is -0.359 e. The Bertz CT molecular complexity index is 413. The van der Waals surface area contributed by atoms with Gasteiger partial charge in [-0.2, -0.15) is 0 Å². The lowest BCUT2D eigenvalue weighted by Crippen LogP contribution is -2.37. The maximum atomic E-state index is 11.4. The number of nitrogens with one attached hydrogen (secondary N) is 3. The molecule has 0 bridgehead atoms. The maximum absolute atomic E-state index is 11.4. The highest BCUT2D eigenvalue weighted by atomic mass is 35.5. The zero-order valence-electron chi connectivity index (χ0n) is 10.6. The minimum absolute atomic E-state index is 0.201. The minimum atomic E-state index is -0.201. The molecule has 5 nitrogen and oxygen atoms in total. The molecule has 104 valence electrons. The predicted octanol–water partition coefficient (Wildman–Crippen LogP) is 1.32. The van der Waals surface area contributed by atoms with E-state index in [4.69, 9.17) is 11.6 Å². The van der Waals surface area contributed by atoms with Gasteiger partial charge in [-0.3, -0.25) is 4.79 Å². The normalized spacial score (nSPS) is 9.74. The van der Waals surface area contributed by atoms with Crippen molar-refractivity contribution in [2.45, 2.75) is 12.8 Å². The number of urea groups is 1. The molecule has 0 aromatic heterocycles. The van der Waals surface area contributed by atoms with E-state index < -0.39 is 0 Å². The van der Waals surface area contributed by atoms with Gasteiger partial charge in [-0.25, -0.2) is 4.79 Å². The second-order valence-corrected chi connectivity index (χ2v) is 4.42. The molecule has 3 N–H and O–H groups in total.